The fourth-order valence-electron chi connectivity index (χ4n) is 2.11. The minimum atomic E-state index is -0.738. The third-order valence-electron chi connectivity index (χ3n) is 2.99. The molecule has 1 amide bonds. The van der Waals surface area contributed by atoms with Crippen molar-refractivity contribution in [1.82, 2.24) is 0 Å². The summed E-state index contributed by atoms with van der Waals surface area (Å²) in [5, 5.41) is 0. The summed E-state index contributed by atoms with van der Waals surface area (Å²) in [4.78, 5) is 11.1. The summed E-state index contributed by atoms with van der Waals surface area (Å²) in [6.45, 7) is 0. The van der Waals surface area contributed by atoms with Crippen molar-refractivity contribution in [2.24, 2.45) is 5.73 Å². The zero-order valence-electron chi connectivity index (χ0n) is 11.0. The minimum Gasteiger partial charge on any atom is -0.446 e. The molecular weight excluding hydrogens is 318 g/mol. The number of nitrogens with two attached hydrogens (primary N) is 1. The molecule has 1 atom stereocenters. The Morgan fingerprint density at radius 1 is 1.05 bits per heavy atom. The lowest BCUT2D eigenvalue weighted by atomic mass is 10.0. The third kappa shape index (κ3) is 4.38. The molecule has 1 unspecified atom stereocenters. The molecule has 0 bridgehead atoms. The number of hydrogen-bond acceptors (Lipinski definition) is 2. The molecule has 3 nitrogen and oxygen atoms in total. The molecule has 0 aliphatic rings. The Labute approximate surface area is 126 Å². The SMILES string of the molecule is NC(=O)OC(Cc1ccccc1)Cc1ccccc1Br. The van der Waals surface area contributed by atoms with Gasteiger partial charge in [-0.05, 0) is 17.2 Å². The standard InChI is InChI=1S/C16H16BrNO2/c17-15-9-5-4-8-13(15)11-14(20-16(18)19)10-12-6-2-1-3-7-12/h1-9,14H,10-11H2,(H2,18,19). The van der Waals surface area contributed by atoms with Gasteiger partial charge in [-0.25, -0.2) is 4.79 Å². The van der Waals surface area contributed by atoms with Crippen LogP contribution in [0, 0.1) is 0 Å². The number of hydrogen-bond donors (Lipinski definition) is 1. The van der Waals surface area contributed by atoms with Crippen LogP contribution in [0.5, 0.6) is 0 Å². The number of primary amides is 1. The zero-order valence-corrected chi connectivity index (χ0v) is 12.5. The maximum Gasteiger partial charge on any atom is 0.404 e. The van der Waals surface area contributed by atoms with Crippen molar-refractivity contribution in [1.29, 1.82) is 0 Å². The number of carbonyl (C=O) groups excluding carboxylic acids is 1. The van der Waals surface area contributed by atoms with Crippen LogP contribution in [0.3, 0.4) is 0 Å². The van der Waals surface area contributed by atoms with E-state index in [1.165, 1.54) is 0 Å². The molecule has 0 aliphatic heterocycles. The van der Waals surface area contributed by atoms with E-state index in [2.05, 4.69) is 15.9 Å². The normalized spacial score (nSPS) is 11.8. The van der Waals surface area contributed by atoms with E-state index in [1.807, 2.05) is 54.6 Å². The molecule has 0 fully saturated rings. The largest absolute Gasteiger partial charge is 0.446 e. The highest BCUT2D eigenvalue weighted by Gasteiger charge is 2.15. The van der Waals surface area contributed by atoms with E-state index in [0.29, 0.717) is 12.8 Å². The first kappa shape index (κ1) is 14.6. The lowest BCUT2D eigenvalue weighted by Crippen LogP contribution is -2.26. The molecule has 0 radical (unpaired) electrons. The summed E-state index contributed by atoms with van der Waals surface area (Å²) < 4.78 is 6.24. The predicted molar refractivity (Wildman–Crippen MR) is 82.4 cm³/mol. The Hall–Kier alpha value is -1.81. The number of ether oxygens (including phenoxy) is 1. The predicted octanol–water partition coefficient (Wildman–Crippen LogP) is 3.70. The summed E-state index contributed by atoms with van der Waals surface area (Å²) in [6.07, 6.45) is 0.260. The second-order valence-corrected chi connectivity index (χ2v) is 5.40. The molecule has 0 spiro atoms. The number of carbonyl (C=O) groups is 1. The van der Waals surface area contributed by atoms with Gasteiger partial charge in [0.1, 0.15) is 6.10 Å². The molecule has 104 valence electrons. The monoisotopic (exact) mass is 333 g/mol. The smallest absolute Gasteiger partial charge is 0.404 e. The van der Waals surface area contributed by atoms with E-state index in [-0.39, 0.29) is 6.10 Å². The highest BCUT2D eigenvalue weighted by Crippen LogP contribution is 2.20. The van der Waals surface area contributed by atoms with E-state index in [4.69, 9.17) is 10.5 Å². The zero-order chi connectivity index (χ0) is 14.4. The Kier molecular flexibility index (Phi) is 5.18. The third-order valence-corrected chi connectivity index (χ3v) is 3.77. The van der Waals surface area contributed by atoms with E-state index in [1.54, 1.807) is 0 Å². The lowest BCUT2D eigenvalue weighted by molar-refractivity contribution is 0.106. The van der Waals surface area contributed by atoms with Gasteiger partial charge < -0.3 is 10.5 Å². The van der Waals surface area contributed by atoms with Crippen molar-refractivity contribution >= 4 is 22.0 Å². The minimum absolute atomic E-state index is 0.270. The van der Waals surface area contributed by atoms with Gasteiger partial charge in [-0.3, -0.25) is 0 Å². The summed E-state index contributed by atoms with van der Waals surface area (Å²) in [5.41, 5.74) is 7.37. The second kappa shape index (κ2) is 7.10. The van der Waals surface area contributed by atoms with Crippen molar-refractivity contribution in [3.63, 3.8) is 0 Å². The van der Waals surface area contributed by atoms with Crippen LogP contribution in [0.25, 0.3) is 0 Å². The first-order valence-corrected chi connectivity index (χ1v) is 7.18. The summed E-state index contributed by atoms with van der Waals surface area (Å²) in [7, 11) is 0. The van der Waals surface area contributed by atoms with Crippen molar-refractivity contribution in [3.8, 4) is 0 Å². The van der Waals surface area contributed by atoms with Gasteiger partial charge in [0.15, 0.2) is 0 Å². The molecule has 0 saturated carbocycles. The molecule has 0 aliphatic carbocycles. The van der Waals surface area contributed by atoms with E-state index >= 15 is 0 Å². The molecule has 2 aromatic rings. The van der Waals surface area contributed by atoms with Gasteiger partial charge in [-0.2, -0.15) is 0 Å². The Morgan fingerprint density at radius 2 is 1.70 bits per heavy atom. The summed E-state index contributed by atoms with van der Waals surface area (Å²) >= 11 is 3.50. The topological polar surface area (TPSA) is 52.3 Å². The lowest BCUT2D eigenvalue weighted by Gasteiger charge is -2.17. The van der Waals surface area contributed by atoms with Crippen LogP contribution in [-0.2, 0) is 17.6 Å². The van der Waals surface area contributed by atoms with Gasteiger partial charge in [0.05, 0.1) is 0 Å². The van der Waals surface area contributed by atoms with Crippen LogP contribution >= 0.6 is 15.9 Å². The van der Waals surface area contributed by atoms with Crippen molar-refractivity contribution in [2.45, 2.75) is 18.9 Å². The quantitative estimate of drug-likeness (QED) is 0.906. The highest BCUT2D eigenvalue weighted by molar-refractivity contribution is 9.10. The summed E-state index contributed by atoms with van der Waals surface area (Å²) in [5.74, 6) is 0. The van der Waals surface area contributed by atoms with Crippen molar-refractivity contribution in [3.05, 3.63) is 70.2 Å². The molecule has 4 heteroatoms. The Morgan fingerprint density at radius 3 is 2.35 bits per heavy atom. The van der Waals surface area contributed by atoms with Gasteiger partial charge in [0.25, 0.3) is 0 Å². The fourth-order valence-corrected chi connectivity index (χ4v) is 2.55. The van der Waals surface area contributed by atoms with E-state index in [9.17, 15) is 4.79 Å². The van der Waals surface area contributed by atoms with Crippen molar-refractivity contribution < 1.29 is 9.53 Å². The van der Waals surface area contributed by atoms with Crippen LogP contribution in [0.4, 0.5) is 4.79 Å². The number of rotatable bonds is 5. The van der Waals surface area contributed by atoms with Crippen molar-refractivity contribution in [2.75, 3.05) is 0 Å². The molecule has 0 saturated heterocycles. The van der Waals surface area contributed by atoms with E-state index in [0.717, 1.165) is 15.6 Å². The average Bonchev–Trinajstić information content (AvgIpc) is 2.42. The molecule has 2 aromatic carbocycles. The fraction of sp³-hybridized carbons (Fsp3) is 0.188. The average molecular weight is 334 g/mol. The maximum atomic E-state index is 11.1. The van der Waals surface area contributed by atoms with Gasteiger partial charge in [0.2, 0.25) is 0 Å². The van der Waals surface area contributed by atoms with Crippen LogP contribution in [0.2, 0.25) is 0 Å². The molecule has 0 aromatic heterocycles. The van der Waals surface area contributed by atoms with Crippen LogP contribution in [-0.4, -0.2) is 12.2 Å². The van der Waals surface area contributed by atoms with Crippen LogP contribution < -0.4 is 5.73 Å². The molecule has 0 heterocycles. The number of benzene rings is 2. The molecule has 2 rings (SSSR count). The van der Waals surface area contributed by atoms with Crippen LogP contribution in [0.15, 0.2) is 59.1 Å². The van der Waals surface area contributed by atoms with Gasteiger partial charge in [0, 0.05) is 17.3 Å². The number of halogens is 1. The maximum absolute atomic E-state index is 11.1. The molecule has 2 N–H and O–H groups in total. The second-order valence-electron chi connectivity index (χ2n) is 4.54. The molecular formula is C16H16BrNO2. The summed E-state index contributed by atoms with van der Waals surface area (Å²) in [6, 6.07) is 17.8. The van der Waals surface area contributed by atoms with Crippen LogP contribution in [0.1, 0.15) is 11.1 Å². The van der Waals surface area contributed by atoms with Gasteiger partial charge >= 0.3 is 6.09 Å². The highest BCUT2D eigenvalue weighted by atomic mass is 79.9. The molecule has 20 heavy (non-hydrogen) atoms. The first-order valence-electron chi connectivity index (χ1n) is 6.38. The first-order chi connectivity index (χ1) is 9.65. The van der Waals surface area contributed by atoms with Gasteiger partial charge in [-0.1, -0.05) is 64.5 Å². The number of amides is 1. The Balaban J connectivity index is 2.12. The van der Waals surface area contributed by atoms with E-state index < -0.39 is 6.09 Å². The Bertz CT molecular complexity index is 572. The van der Waals surface area contributed by atoms with Gasteiger partial charge in [-0.15, -0.1) is 0 Å².